The molecule has 3 atom stereocenters. The molecule has 0 aliphatic heterocycles. The van der Waals surface area contributed by atoms with Crippen LogP contribution in [0.25, 0.3) is 0 Å². The Kier molecular flexibility index (Phi) is 9.56. The van der Waals surface area contributed by atoms with Gasteiger partial charge in [-0.2, -0.15) is 0 Å². The Labute approximate surface area is 135 Å². The third kappa shape index (κ3) is 8.77. The van der Waals surface area contributed by atoms with E-state index < -0.39 is 35.9 Å². The second-order valence-electron chi connectivity index (χ2n) is 5.34. The number of amides is 3. The number of carboxylic acid groups (broad SMARTS) is 1. The number of unbranched alkanes of at least 4 members (excludes halogenated alkanes) is 1. The molecule has 0 saturated carbocycles. The van der Waals surface area contributed by atoms with Gasteiger partial charge >= 0.3 is 5.97 Å². The van der Waals surface area contributed by atoms with E-state index in [1.54, 1.807) is 0 Å². The van der Waals surface area contributed by atoms with E-state index in [1.807, 2.05) is 0 Å². The van der Waals surface area contributed by atoms with Gasteiger partial charge in [0, 0.05) is 6.92 Å². The number of aliphatic carboxylic acids is 1. The molecular weight excluding hydrogens is 304 g/mol. The summed E-state index contributed by atoms with van der Waals surface area (Å²) in [4.78, 5) is 45.8. The highest BCUT2D eigenvalue weighted by Crippen LogP contribution is 2.02. The Morgan fingerprint density at radius 3 is 2.00 bits per heavy atom. The zero-order chi connectivity index (χ0) is 18.0. The minimum Gasteiger partial charge on any atom is -0.480 e. The van der Waals surface area contributed by atoms with Crippen LogP contribution in [0, 0.1) is 0 Å². The summed E-state index contributed by atoms with van der Waals surface area (Å²) in [6.45, 7) is 4.54. The van der Waals surface area contributed by atoms with Crippen molar-refractivity contribution in [2.75, 3.05) is 6.54 Å². The van der Waals surface area contributed by atoms with Crippen molar-refractivity contribution >= 4 is 23.7 Å². The lowest BCUT2D eigenvalue weighted by Gasteiger charge is -2.21. The van der Waals surface area contributed by atoms with Crippen molar-refractivity contribution in [3.8, 4) is 0 Å². The fraction of sp³-hybridized carbons (Fsp3) is 0.714. The summed E-state index contributed by atoms with van der Waals surface area (Å²) in [5.74, 6) is -2.64. The van der Waals surface area contributed by atoms with Gasteiger partial charge in [0.25, 0.3) is 0 Å². The average molecular weight is 330 g/mol. The predicted molar refractivity (Wildman–Crippen MR) is 83.4 cm³/mol. The van der Waals surface area contributed by atoms with Crippen molar-refractivity contribution in [3.05, 3.63) is 0 Å². The van der Waals surface area contributed by atoms with Gasteiger partial charge in [-0.1, -0.05) is 0 Å². The van der Waals surface area contributed by atoms with Crippen LogP contribution in [0.1, 0.15) is 40.0 Å². The van der Waals surface area contributed by atoms with Crippen LogP contribution in [0.15, 0.2) is 0 Å². The highest BCUT2D eigenvalue weighted by molar-refractivity contribution is 5.92. The third-order valence-corrected chi connectivity index (χ3v) is 3.12. The lowest BCUT2D eigenvalue weighted by Crippen LogP contribution is -2.54. The first kappa shape index (κ1) is 20.8. The summed E-state index contributed by atoms with van der Waals surface area (Å²) in [6, 6.07) is -2.74. The first-order chi connectivity index (χ1) is 10.7. The van der Waals surface area contributed by atoms with Gasteiger partial charge in [-0.25, -0.2) is 0 Å². The molecule has 3 amide bonds. The molecule has 23 heavy (non-hydrogen) atoms. The first-order valence-electron chi connectivity index (χ1n) is 7.49. The van der Waals surface area contributed by atoms with Crippen LogP contribution in [0.2, 0.25) is 0 Å². The molecule has 132 valence electrons. The predicted octanol–water partition coefficient (Wildman–Crippen LogP) is -1.29. The molecule has 0 bridgehead atoms. The minimum atomic E-state index is -1.17. The van der Waals surface area contributed by atoms with Crippen molar-refractivity contribution in [1.82, 2.24) is 16.0 Å². The Morgan fingerprint density at radius 2 is 1.52 bits per heavy atom. The summed E-state index contributed by atoms with van der Waals surface area (Å²) in [5, 5.41) is 16.0. The maximum absolute atomic E-state index is 12.2. The molecule has 0 aliphatic carbocycles. The average Bonchev–Trinajstić information content (AvgIpc) is 2.45. The molecule has 0 aromatic rings. The fourth-order valence-corrected chi connectivity index (χ4v) is 1.79. The summed E-state index contributed by atoms with van der Waals surface area (Å²) >= 11 is 0. The maximum Gasteiger partial charge on any atom is 0.325 e. The normalized spacial score (nSPS) is 14.3. The highest BCUT2D eigenvalue weighted by atomic mass is 16.4. The van der Waals surface area contributed by atoms with E-state index in [0.717, 1.165) is 6.42 Å². The molecule has 9 nitrogen and oxygen atoms in total. The van der Waals surface area contributed by atoms with E-state index in [0.29, 0.717) is 19.4 Å². The van der Waals surface area contributed by atoms with Gasteiger partial charge in [0.2, 0.25) is 17.7 Å². The number of nitrogens with two attached hydrogens (primary N) is 1. The lowest BCUT2D eigenvalue weighted by atomic mass is 10.1. The lowest BCUT2D eigenvalue weighted by molar-refractivity contribution is -0.141. The molecule has 6 N–H and O–H groups in total. The van der Waals surface area contributed by atoms with Gasteiger partial charge in [-0.15, -0.1) is 0 Å². The van der Waals surface area contributed by atoms with E-state index in [9.17, 15) is 19.2 Å². The molecule has 0 saturated heterocycles. The summed E-state index contributed by atoms with van der Waals surface area (Å²) in [7, 11) is 0. The third-order valence-electron chi connectivity index (χ3n) is 3.12. The molecule has 0 aromatic carbocycles. The molecule has 0 radical (unpaired) electrons. The van der Waals surface area contributed by atoms with Crippen LogP contribution >= 0.6 is 0 Å². The van der Waals surface area contributed by atoms with E-state index in [1.165, 1.54) is 20.8 Å². The molecule has 0 spiro atoms. The number of hydrogen-bond acceptors (Lipinski definition) is 5. The van der Waals surface area contributed by atoms with Gasteiger partial charge in [-0.05, 0) is 39.7 Å². The van der Waals surface area contributed by atoms with E-state index in [2.05, 4.69) is 16.0 Å². The Bertz CT molecular complexity index is 441. The van der Waals surface area contributed by atoms with Crippen molar-refractivity contribution in [2.45, 2.75) is 58.2 Å². The standard InChI is InChI=1S/C14H26N4O5/c1-8(12(20)17-9(2)14(22)23)16-13(21)11(18-10(3)19)6-4-5-7-15/h8-9,11H,4-7,15H2,1-3H3,(H,16,21)(H,17,20)(H,18,19)(H,22,23)/t8-,9+,11-/m1/s1. The maximum atomic E-state index is 12.2. The number of hydrogen-bond donors (Lipinski definition) is 5. The number of rotatable bonds is 10. The summed E-state index contributed by atoms with van der Waals surface area (Å²) in [6.07, 6.45) is 1.78. The van der Waals surface area contributed by atoms with Crippen molar-refractivity contribution < 1.29 is 24.3 Å². The summed E-state index contributed by atoms with van der Waals surface area (Å²) < 4.78 is 0. The zero-order valence-electron chi connectivity index (χ0n) is 13.7. The van der Waals surface area contributed by atoms with Crippen LogP contribution < -0.4 is 21.7 Å². The quantitative estimate of drug-likeness (QED) is 0.315. The molecular formula is C14H26N4O5. The van der Waals surface area contributed by atoms with E-state index in [-0.39, 0.29) is 5.91 Å². The topological polar surface area (TPSA) is 151 Å². The Balaban J connectivity index is 4.59. The monoisotopic (exact) mass is 330 g/mol. The van der Waals surface area contributed by atoms with Crippen LogP contribution in [-0.2, 0) is 19.2 Å². The molecule has 0 heterocycles. The van der Waals surface area contributed by atoms with Gasteiger partial charge < -0.3 is 26.8 Å². The van der Waals surface area contributed by atoms with Crippen LogP contribution in [-0.4, -0.2) is 53.5 Å². The SMILES string of the molecule is CC(=O)N[C@H](CCCCN)C(=O)N[C@H](C)C(=O)N[C@@H](C)C(=O)O. The molecule has 0 aromatic heterocycles. The van der Waals surface area contributed by atoms with Gasteiger partial charge in [0.1, 0.15) is 18.1 Å². The van der Waals surface area contributed by atoms with Crippen LogP contribution in [0.4, 0.5) is 0 Å². The second-order valence-corrected chi connectivity index (χ2v) is 5.34. The van der Waals surface area contributed by atoms with E-state index >= 15 is 0 Å². The highest BCUT2D eigenvalue weighted by Gasteiger charge is 2.24. The summed E-state index contributed by atoms with van der Waals surface area (Å²) in [5.41, 5.74) is 5.39. The number of carbonyl (C=O) groups is 4. The van der Waals surface area contributed by atoms with Crippen molar-refractivity contribution in [3.63, 3.8) is 0 Å². The minimum absolute atomic E-state index is 0.352. The number of carbonyl (C=O) groups excluding carboxylic acids is 3. The number of carboxylic acids is 1. The smallest absolute Gasteiger partial charge is 0.325 e. The second kappa shape index (κ2) is 10.5. The molecule has 0 rings (SSSR count). The van der Waals surface area contributed by atoms with Gasteiger partial charge in [0.05, 0.1) is 0 Å². The zero-order valence-corrected chi connectivity index (χ0v) is 13.7. The van der Waals surface area contributed by atoms with Crippen LogP contribution in [0.5, 0.6) is 0 Å². The van der Waals surface area contributed by atoms with Gasteiger partial charge in [-0.3, -0.25) is 19.2 Å². The molecule has 0 fully saturated rings. The van der Waals surface area contributed by atoms with Crippen LogP contribution in [0.3, 0.4) is 0 Å². The number of nitrogens with one attached hydrogen (secondary N) is 3. The molecule has 9 heteroatoms. The molecule has 0 unspecified atom stereocenters. The Hall–Kier alpha value is -2.16. The van der Waals surface area contributed by atoms with Gasteiger partial charge in [0.15, 0.2) is 0 Å². The molecule has 0 aliphatic rings. The first-order valence-corrected chi connectivity index (χ1v) is 7.49. The van der Waals surface area contributed by atoms with Crippen molar-refractivity contribution in [1.29, 1.82) is 0 Å². The Morgan fingerprint density at radius 1 is 0.957 bits per heavy atom. The largest absolute Gasteiger partial charge is 0.480 e. The van der Waals surface area contributed by atoms with E-state index in [4.69, 9.17) is 10.8 Å². The van der Waals surface area contributed by atoms with Crippen molar-refractivity contribution in [2.24, 2.45) is 5.73 Å². The fourth-order valence-electron chi connectivity index (χ4n) is 1.79.